The first-order valence-corrected chi connectivity index (χ1v) is 8.87. The summed E-state index contributed by atoms with van der Waals surface area (Å²) in [5.41, 5.74) is 1.16. The third-order valence-electron chi connectivity index (χ3n) is 3.80. The van der Waals surface area contributed by atoms with Gasteiger partial charge in [0.25, 0.3) is 0 Å². The zero-order valence-electron chi connectivity index (χ0n) is 16.5. The summed E-state index contributed by atoms with van der Waals surface area (Å²) in [7, 11) is 3.66. The van der Waals surface area contributed by atoms with Gasteiger partial charge in [-0.25, -0.2) is 0 Å². The van der Waals surface area contributed by atoms with E-state index >= 15 is 0 Å². The average Bonchev–Trinajstić information content (AvgIpc) is 3.06. The largest absolute Gasteiger partial charge is 0.497 e. The topological polar surface area (TPSA) is 63.9 Å². The van der Waals surface area contributed by atoms with Gasteiger partial charge in [-0.3, -0.25) is 9.67 Å². The van der Waals surface area contributed by atoms with Crippen LogP contribution in [0.25, 0.3) is 0 Å². The molecule has 1 aromatic carbocycles. The molecule has 0 unspecified atom stereocenters. The van der Waals surface area contributed by atoms with Gasteiger partial charge in [-0.2, -0.15) is 5.10 Å². The standard InChI is InChI=1S/C19H29N5O2.HI/c1-5-20-19(21-10-11-24-15-16(2)14-22-24)23(3)12-13-26-18-8-6-17(25-4)7-9-18;/h6-9,14-15H,5,10-13H2,1-4H3,(H,20,21);1H. The molecule has 0 bridgehead atoms. The number of rotatable bonds is 9. The summed E-state index contributed by atoms with van der Waals surface area (Å²) >= 11 is 0. The third-order valence-corrected chi connectivity index (χ3v) is 3.80. The number of hydrogen-bond donors (Lipinski definition) is 1. The minimum absolute atomic E-state index is 0. The molecule has 0 radical (unpaired) electrons. The maximum atomic E-state index is 5.79. The second-order valence-electron chi connectivity index (χ2n) is 5.96. The van der Waals surface area contributed by atoms with Crippen LogP contribution in [0.2, 0.25) is 0 Å². The normalized spacial score (nSPS) is 10.9. The van der Waals surface area contributed by atoms with E-state index in [9.17, 15) is 0 Å². The highest BCUT2D eigenvalue weighted by atomic mass is 127. The fourth-order valence-electron chi connectivity index (χ4n) is 2.40. The molecule has 27 heavy (non-hydrogen) atoms. The Hall–Kier alpha value is -1.97. The van der Waals surface area contributed by atoms with E-state index in [4.69, 9.17) is 9.47 Å². The molecule has 1 N–H and O–H groups in total. The van der Waals surface area contributed by atoms with Crippen LogP contribution in [0.15, 0.2) is 41.7 Å². The second-order valence-corrected chi connectivity index (χ2v) is 5.96. The van der Waals surface area contributed by atoms with E-state index in [2.05, 4.69) is 27.2 Å². The van der Waals surface area contributed by atoms with E-state index in [0.29, 0.717) is 13.2 Å². The van der Waals surface area contributed by atoms with Crippen molar-refractivity contribution in [1.82, 2.24) is 20.0 Å². The van der Waals surface area contributed by atoms with Gasteiger partial charge in [0.15, 0.2) is 5.96 Å². The lowest BCUT2D eigenvalue weighted by Gasteiger charge is -2.22. The third kappa shape index (κ3) is 8.06. The molecule has 2 rings (SSSR count). The van der Waals surface area contributed by atoms with Crippen molar-refractivity contribution in [1.29, 1.82) is 0 Å². The Morgan fingerprint density at radius 1 is 1.26 bits per heavy atom. The molecule has 0 aliphatic rings. The Morgan fingerprint density at radius 3 is 2.56 bits per heavy atom. The summed E-state index contributed by atoms with van der Waals surface area (Å²) in [6, 6.07) is 7.59. The van der Waals surface area contributed by atoms with Gasteiger partial charge in [0, 0.05) is 19.8 Å². The lowest BCUT2D eigenvalue weighted by atomic mass is 10.3. The molecule has 0 saturated carbocycles. The van der Waals surface area contributed by atoms with Crippen molar-refractivity contribution in [2.24, 2.45) is 4.99 Å². The van der Waals surface area contributed by atoms with E-state index in [1.165, 1.54) is 0 Å². The van der Waals surface area contributed by atoms with E-state index in [0.717, 1.165) is 42.7 Å². The fraction of sp³-hybridized carbons (Fsp3) is 0.474. The molecule has 0 aliphatic carbocycles. The average molecular weight is 487 g/mol. The summed E-state index contributed by atoms with van der Waals surface area (Å²) in [5, 5.41) is 7.60. The van der Waals surface area contributed by atoms with Crippen LogP contribution in [0, 0.1) is 6.92 Å². The van der Waals surface area contributed by atoms with Crippen molar-refractivity contribution in [2.75, 3.05) is 40.4 Å². The lowest BCUT2D eigenvalue weighted by Crippen LogP contribution is -2.41. The van der Waals surface area contributed by atoms with Crippen LogP contribution < -0.4 is 14.8 Å². The zero-order valence-corrected chi connectivity index (χ0v) is 18.8. The number of aromatic nitrogens is 2. The molecule has 0 aliphatic heterocycles. The maximum absolute atomic E-state index is 5.79. The summed E-state index contributed by atoms with van der Waals surface area (Å²) < 4.78 is 12.8. The SMILES string of the molecule is CCNC(=NCCn1cc(C)cn1)N(C)CCOc1ccc(OC)cc1.I. The first-order valence-electron chi connectivity index (χ1n) is 8.87. The Balaban J connectivity index is 0.00000364. The van der Waals surface area contributed by atoms with E-state index in [-0.39, 0.29) is 24.0 Å². The Bertz CT molecular complexity index is 688. The number of aryl methyl sites for hydroxylation is 1. The van der Waals surface area contributed by atoms with Gasteiger partial charge in [-0.15, -0.1) is 24.0 Å². The molecule has 2 aromatic rings. The molecule has 7 nitrogen and oxygen atoms in total. The molecule has 1 aromatic heterocycles. The van der Waals surface area contributed by atoms with E-state index in [1.807, 2.05) is 55.3 Å². The first-order chi connectivity index (χ1) is 12.6. The van der Waals surface area contributed by atoms with Gasteiger partial charge < -0.3 is 19.7 Å². The molecule has 150 valence electrons. The monoisotopic (exact) mass is 487 g/mol. The van der Waals surface area contributed by atoms with Gasteiger partial charge in [0.2, 0.25) is 0 Å². The van der Waals surface area contributed by atoms with Crippen molar-refractivity contribution in [3.8, 4) is 11.5 Å². The number of halogens is 1. The zero-order chi connectivity index (χ0) is 18.8. The number of guanidine groups is 1. The number of methoxy groups -OCH3 is 1. The van der Waals surface area contributed by atoms with Crippen LogP contribution in [-0.2, 0) is 6.54 Å². The van der Waals surface area contributed by atoms with Crippen molar-refractivity contribution >= 4 is 29.9 Å². The maximum Gasteiger partial charge on any atom is 0.193 e. The predicted molar refractivity (Wildman–Crippen MR) is 119 cm³/mol. The van der Waals surface area contributed by atoms with E-state index < -0.39 is 0 Å². The summed E-state index contributed by atoms with van der Waals surface area (Å²) in [6.07, 6.45) is 3.88. The quantitative estimate of drug-likeness (QED) is 0.335. The highest BCUT2D eigenvalue weighted by Crippen LogP contribution is 2.16. The van der Waals surface area contributed by atoms with Crippen molar-refractivity contribution < 1.29 is 9.47 Å². The number of hydrogen-bond acceptors (Lipinski definition) is 4. The summed E-state index contributed by atoms with van der Waals surface area (Å²) in [6.45, 7) is 7.67. The summed E-state index contributed by atoms with van der Waals surface area (Å²) in [4.78, 5) is 6.74. The van der Waals surface area contributed by atoms with Gasteiger partial charge in [-0.1, -0.05) is 0 Å². The molecular weight excluding hydrogens is 457 g/mol. The van der Waals surface area contributed by atoms with Gasteiger partial charge in [0.05, 0.1) is 32.9 Å². The van der Waals surface area contributed by atoms with Crippen molar-refractivity contribution in [2.45, 2.75) is 20.4 Å². The van der Waals surface area contributed by atoms with Gasteiger partial charge >= 0.3 is 0 Å². The minimum Gasteiger partial charge on any atom is -0.497 e. The van der Waals surface area contributed by atoms with Crippen LogP contribution in [-0.4, -0.2) is 61.0 Å². The van der Waals surface area contributed by atoms with Crippen LogP contribution in [0.4, 0.5) is 0 Å². The molecule has 0 fully saturated rings. The van der Waals surface area contributed by atoms with Gasteiger partial charge in [-0.05, 0) is 43.7 Å². The number of nitrogens with zero attached hydrogens (tertiary/aromatic N) is 4. The Morgan fingerprint density at radius 2 is 1.96 bits per heavy atom. The van der Waals surface area contributed by atoms with Gasteiger partial charge in [0.1, 0.15) is 18.1 Å². The number of likely N-dealkylation sites (N-methyl/N-ethyl adjacent to an activating group) is 1. The number of ether oxygens (including phenoxy) is 2. The summed E-state index contributed by atoms with van der Waals surface area (Å²) in [5.74, 6) is 2.52. The molecule has 0 amide bonds. The Labute approximate surface area is 178 Å². The molecule has 0 spiro atoms. The number of benzene rings is 1. The number of aliphatic imine (C=N–C) groups is 1. The highest BCUT2D eigenvalue weighted by molar-refractivity contribution is 14.0. The van der Waals surface area contributed by atoms with Crippen LogP contribution in [0.3, 0.4) is 0 Å². The predicted octanol–water partition coefficient (Wildman–Crippen LogP) is 2.79. The molecule has 8 heteroatoms. The number of nitrogens with one attached hydrogen (secondary N) is 1. The molecular formula is C19H30IN5O2. The van der Waals surface area contributed by atoms with E-state index in [1.54, 1.807) is 7.11 Å². The second kappa shape index (κ2) is 12.4. The van der Waals surface area contributed by atoms with Crippen LogP contribution in [0.1, 0.15) is 12.5 Å². The lowest BCUT2D eigenvalue weighted by molar-refractivity contribution is 0.281. The van der Waals surface area contributed by atoms with Crippen molar-refractivity contribution in [3.05, 3.63) is 42.2 Å². The molecule has 0 atom stereocenters. The minimum atomic E-state index is 0. The molecule has 0 saturated heterocycles. The fourth-order valence-corrected chi connectivity index (χ4v) is 2.40. The van der Waals surface area contributed by atoms with Crippen LogP contribution >= 0.6 is 24.0 Å². The highest BCUT2D eigenvalue weighted by Gasteiger charge is 2.06. The first kappa shape index (κ1) is 23.1. The van der Waals surface area contributed by atoms with Crippen molar-refractivity contribution in [3.63, 3.8) is 0 Å². The Kier molecular flexibility index (Phi) is 10.6. The van der Waals surface area contributed by atoms with Crippen LogP contribution in [0.5, 0.6) is 11.5 Å². The smallest absolute Gasteiger partial charge is 0.193 e. The molecule has 1 heterocycles.